The van der Waals surface area contributed by atoms with Crippen LogP contribution in [0.3, 0.4) is 0 Å². The fraction of sp³-hybridized carbons (Fsp3) is 0.500. The molecule has 1 aliphatic rings. The van der Waals surface area contributed by atoms with Gasteiger partial charge in [-0.25, -0.2) is 4.79 Å². The monoisotopic (exact) mass is 305 g/mol. The van der Waals surface area contributed by atoms with Crippen LogP contribution in [0.2, 0.25) is 0 Å². The molecule has 0 spiro atoms. The van der Waals surface area contributed by atoms with Crippen LogP contribution in [0.15, 0.2) is 24.3 Å². The van der Waals surface area contributed by atoms with Gasteiger partial charge in [-0.2, -0.15) is 0 Å². The van der Waals surface area contributed by atoms with E-state index in [2.05, 4.69) is 17.6 Å². The molecule has 2 N–H and O–H groups in total. The lowest BCUT2D eigenvalue weighted by Gasteiger charge is -2.18. The number of nitrogens with one attached hydrogen (secondary N) is 2. The van der Waals surface area contributed by atoms with Crippen molar-refractivity contribution in [3.63, 3.8) is 0 Å². The summed E-state index contributed by atoms with van der Waals surface area (Å²) in [6, 6.07) is 6.99. The van der Waals surface area contributed by atoms with Crippen molar-refractivity contribution in [3.05, 3.63) is 24.3 Å². The van der Waals surface area contributed by atoms with Crippen LogP contribution in [0.4, 0.5) is 10.5 Å². The summed E-state index contributed by atoms with van der Waals surface area (Å²) in [5, 5.41) is 5.65. The largest absolute Gasteiger partial charge is 0.497 e. The molecule has 1 saturated heterocycles. The van der Waals surface area contributed by atoms with E-state index in [1.807, 2.05) is 24.3 Å². The zero-order chi connectivity index (χ0) is 15.9. The number of rotatable bonds is 6. The van der Waals surface area contributed by atoms with Gasteiger partial charge in [0.2, 0.25) is 5.91 Å². The quantitative estimate of drug-likeness (QED) is 0.789. The van der Waals surface area contributed by atoms with E-state index in [1.165, 1.54) is 0 Å². The molecule has 6 nitrogen and oxygen atoms in total. The van der Waals surface area contributed by atoms with Gasteiger partial charge in [0.05, 0.1) is 13.2 Å². The third kappa shape index (κ3) is 4.13. The molecule has 0 unspecified atom stereocenters. The molecule has 0 bridgehead atoms. The summed E-state index contributed by atoms with van der Waals surface area (Å²) in [7, 11) is 1.59. The summed E-state index contributed by atoms with van der Waals surface area (Å²) in [6.45, 7) is 3.21. The molecule has 1 fully saturated rings. The predicted molar refractivity (Wildman–Crippen MR) is 85.2 cm³/mol. The molecule has 2 rings (SSSR count). The van der Waals surface area contributed by atoms with Crippen molar-refractivity contribution in [3.8, 4) is 5.75 Å². The van der Waals surface area contributed by atoms with Gasteiger partial charge >= 0.3 is 6.03 Å². The second-order valence-corrected chi connectivity index (χ2v) is 5.36. The number of hydrogen-bond donors (Lipinski definition) is 2. The number of anilines is 1. The van der Waals surface area contributed by atoms with Gasteiger partial charge in [0.1, 0.15) is 5.75 Å². The second-order valence-electron chi connectivity index (χ2n) is 5.36. The maximum atomic E-state index is 12.1. The lowest BCUT2D eigenvalue weighted by atomic mass is 10.2. The Kier molecular flexibility index (Phi) is 5.63. The second kappa shape index (κ2) is 7.68. The molecule has 0 radical (unpaired) electrons. The molecule has 1 aromatic carbocycles. The Morgan fingerprint density at radius 3 is 3.00 bits per heavy atom. The Hall–Kier alpha value is -2.24. The maximum Gasteiger partial charge on any atom is 0.315 e. The standard InChI is InChI=1S/C16H23N3O3/c1-3-4-8-17-16(21)18-12-9-15(20)19(11-12)13-6-5-7-14(10-13)22-2/h5-7,10,12H,3-4,8-9,11H2,1-2H3,(H2,17,18,21)/t12-/m1/s1. The first-order valence-corrected chi connectivity index (χ1v) is 7.62. The van der Waals surface area contributed by atoms with Crippen LogP contribution in [0.5, 0.6) is 5.75 Å². The lowest BCUT2D eigenvalue weighted by molar-refractivity contribution is -0.117. The predicted octanol–water partition coefficient (Wildman–Crippen LogP) is 1.90. The molecule has 3 amide bonds. The molecule has 22 heavy (non-hydrogen) atoms. The van der Waals surface area contributed by atoms with Crippen LogP contribution in [0.25, 0.3) is 0 Å². The zero-order valence-corrected chi connectivity index (χ0v) is 13.1. The normalized spacial score (nSPS) is 17.5. The highest BCUT2D eigenvalue weighted by Crippen LogP contribution is 2.25. The van der Waals surface area contributed by atoms with Crippen molar-refractivity contribution >= 4 is 17.6 Å². The number of methoxy groups -OCH3 is 1. The van der Waals surface area contributed by atoms with Gasteiger partial charge < -0.3 is 20.3 Å². The van der Waals surface area contributed by atoms with Crippen LogP contribution in [-0.2, 0) is 4.79 Å². The summed E-state index contributed by atoms with van der Waals surface area (Å²) in [5.41, 5.74) is 0.792. The molecule has 0 saturated carbocycles. The van der Waals surface area contributed by atoms with E-state index in [9.17, 15) is 9.59 Å². The fourth-order valence-electron chi connectivity index (χ4n) is 2.45. The SMILES string of the molecule is CCCCNC(=O)N[C@@H]1CC(=O)N(c2cccc(OC)c2)C1. The Labute approximate surface area is 130 Å². The Morgan fingerprint density at radius 1 is 1.45 bits per heavy atom. The van der Waals surface area contributed by atoms with Gasteiger partial charge in [-0.15, -0.1) is 0 Å². The van der Waals surface area contributed by atoms with Crippen molar-refractivity contribution in [1.29, 1.82) is 0 Å². The summed E-state index contributed by atoms with van der Waals surface area (Å²) >= 11 is 0. The molecule has 120 valence electrons. The van der Waals surface area contributed by atoms with Gasteiger partial charge in [0.25, 0.3) is 0 Å². The van der Waals surface area contributed by atoms with E-state index in [1.54, 1.807) is 12.0 Å². The summed E-state index contributed by atoms with van der Waals surface area (Å²) < 4.78 is 5.18. The number of ether oxygens (including phenoxy) is 1. The highest BCUT2D eigenvalue weighted by Gasteiger charge is 2.31. The van der Waals surface area contributed by atoms with E-state index < -0.39 is 0 Å². The number of carbonyl (C=O) groups is 2. The number of nitrogens with zero attached hydrogens (tertiary/aromatic N) is 1. The molecule has 6 heteroatoms. The van der Waals surface area contributed by atoms with Crippen LogP contribution in [-0.4, -0.2) is 38.2 Å². The zero-order valence-electron chi connectivity index (χ0n) is 13.1. The summed E-state index contributed by atoms with van der Waals surface area (Å²) in [4.78, 5) is 25.6. The highest BCUT2D eigenvalue weighted by molar-refractivity contribution is 5.97. The molecular formula is C16H23N3O3. The van der Waals surface area contributed by atoms with Crippen LogP contribution < -0.4 is 20.3 Å². The molecule has 1 aromatic rings. The molecule has 1 aliphatic heterocycles. The average molecular weight is 305 g/mol. The first-order chi connectivity index (χ1) is 10.6. The van der Waals surface area contributed by atoms with Crippen molar-refractivity contribution in [2.75, 3.05) is 25.1 Å². The Bertz CT molecular complexity index is 533. The maximum absolute atomic E-state index is 12.1. The van der Waals surface area contributed by atoms with Crippen molar-refractivity contribution < 1.29 is 14.3 Å². The third-order valence-electron chi connectivity index (χ3n) is 3.64. The average Bonchev–Trinajstić information content (AvgIpc) is 2.88. The number of hydrogen-bond acceptors (Lipinski definition) is 3. The van der Waals surface area contributed by atoms with Crippen LogP contribution >= 0.6 is 0 Å². The van der Waals surface area contributed by atoms with Crippen LogP contribution in [0.1, 0.15) is 26.2 Å². The fourth-order valence-corrected chi connectivity index (χ4v) is 2.45. The van der Waals surface area contributed by atoms with Gasteiger partial charge in [-0.1, -0.05) is 19.4 Å². The first-order valence-electron chi connectivity index (χ1n) is 7.62. The van der Waals surface area contributed by atoms with Gasteiger partial charge in [-0.3, -0.25) is 4.79 Å². The molecular weight excluding hydrogens is 282 g/mol. The van der Waals surface area contributed by atoms with E-state index in [4.69, 9.17) is 4.74 Å². The van der Waals surface area contributed by atoms with Gasteiger partial charge in [0, 0.05) is 31.3 Å². The molecule has 1 atom stereocenters. The molecule has 0 aromatic heterocycles. The van der Waals surface area contributed by atoms with Crippen LogP contribution in [0, 0.1) is 0 Å². The minimum Gasteiger partial charge on any atom is -0.497 e. The minimum atomic E-state index is -0.209. The third-order valence-corrected chi connectivity index (χ3v) is 3.64. The number of urea groups is 1. The minimum absolute atomic E-state index is 0.00658. The summed E-state index contributed by atoms with van der Waals surface area (Å²) in [5.74, 6) is 0.714. The topological polar surface area (TPSA) is 70.7 Å². The number of benzene rings is 1. The van der Waals surface area contributed by atoms with E-state index in [0.29, 0.717) is 25.3 Å². The lowest BCUT2D eigenvalue weighted by Crippen LogP contribution is -2.43. The van der Waals surface area contributed by atoms with Crippen molar-refractivity contribution in [1.82, 2.24) is 10.6 Å². The molecule has 0 aliphatic carbocycles. The Balaban J connectivity index is 1.91. The van der Waals surface area contributed by atoms with Gasteiger partial charge in [0.15, 0.2) is 0 Å². The first kappa shape index (κ1) is 16.1. The Morgan fingerprint density at radius 2 is 2.27 bits per heavy atom. The van der Waals surface area contributed by atoms with Gasteiger partial charge in [-0.05, 0) is 18.6 Å². The number of unbranched alkanes of at least 4 members (excludes halogenated alkanes) is 1. The summed E-state index contributed by atoms with van der Waals surface area (Å²) in [6.07, 6.45) is 2.30. The highest BCUT2D eigenvalue weighted by atomic mass is 16.5. The van der Waals surface area contributed by atoms with E-state index in [-0.39, 0.29) is 18.0 Å². The number of carbonyl (C=O) groups excluding carboxylic acids is 2. The van der Waals surface area contributed by atoms with E-state index >= 15 is 0 Å². The van der Waals surface area contributed by atoms with Crippen molar-refractivity contribution in [2.45, 2.75) is 32.2 Å². The molecule has 1 heterocycles. The smallest absolute Gasteiger partial charge is 0.315 e. The van der Waals surface area contributed by atoms with Crippen molar-refractivity contribution in [2.24, 2.45) is 0 Å². The van der Waals surface area contributed by atoms with E-state index in [0.717, 1.165) is 18.5 Å². The number of amides is 3.